The fourth-order valence-electron chi connectivity index (χ4n) is 6.65. The number of esters is 2. The first kappa shape index (κ1) is 60.3. The summed E-state index contributed by atoms with van der Waals surface area (Å²) in [6.07, 6.45) is 74.9. The van der Waals surface area contributed by atoms with Gasteiger partial charge in [-0.3, -0.25) is 9.59 Å². The monoisotopic (exact) mass is 885 g/mol. The molecule has 0 aliphatic rings. The van der Waals surface area contributed by atoms with Gasteiger partial charge in [0.1, 0.15) is 6.61 Å². The molecule has 0 radical (unpaired) electrons. The van der Waals surface area contributed by atoms with Gasteiger partial charge in [0.25, 0.3) is 0 Å². The van der Waals surface area contributed by atoms with Crippen molar-refractivity contribution in [1.82, 2.24) is 0 Å². The van der Waals surface area contributed by atoms with E-state index in [0.717, 1.165) is 141 Å². The van der Waals surface area contributed by atoms with Gasteiger partial charge < -0.3 is 14.2 Å². The van der Waals surface area contributed by atoms with Crippen molar-refractivity contribution in [3.8, 4) is 0 Å². The zero-order chi connectivity index (χ0) is 46.3. The number of carbonyl (C=O) groups excluding carboxylic acids is 2. The third-order valence-corrected chi connectivity index (χ3v) is 10.4. The average molecular weight is 885 g/mol. The Labute approximate surface area is 395 Å². The number of carbonyl (C=O) groups is 2. The van der Waals surface area contributed by atoms with Crippen LogP contribution in [0.3, 0.4) is 0 Å². The second-order valence-electron chi connectivity index (χ2n) is 16.7. The number of unbranched alkanes of at least 4 members (excludes halogenated alkanes) is 15. The van der Waals surface area contributed by atoms with Crippen LogP contribution in [-0.2, 0) is 23.8 Å². The summed E-state index contributed by atoms with van der Waals surface area (Å²) < 4.78 is 17.4. The summed E-state index contributed by atoms with van der Waals surface area (Å²) >= 11 is 0. The van der Waals surface area contributed by atoms with Crippen molar-refractivity contribution < 1.29 is 23.8 Å². The summed E-state index contributed by atoms with van der Waals surface area (Å²) in [5.41, 5.74) is 0. The lowest BCUT2D eigenvalue weighted by atomic mass is 10.1. The Balaban J connectivity index is 4.38. The largest absolute Gasteiger partial charge is 0.462 e. The van der Waals surface area contributed by atoms with Crippen LogP contribution >= 0.6 is 0 Å². The molecular weight excluding hydrogens is 789 g/mol. The molecule has 362 valence electrons. The molecule has 0 aliphatic carbocycles. The van der Waals surface area contributed by atoms with E-state index < -0.39 is 6.10 Å². The van der Waals surface area contributed by atoms with Gasteiger partial charge >= 0.3 is 11.9 Å². The lowest BCUT2D eigenvalue weighted by molar-refractivity contribution is -0.163. The molecule has 0 fully saturated rings. The Morgan fingerprint density at radius 1 is 0.359 bits per heavy atom. The molecule has 1 atom stereocenters. The van der Waals surface area contributed by atoms with Crippen LogP contribution in [-0.4, -0.2) is 37.9 Å². The number of rotatable bonds is 46. The van der Waals surface area contributed by atoms with E-state index in [9.17, 15) is 9.59 Å². The minimum absolute atomic E-state index is 0.0523. The van der Waals surface area contributed by atoms with Crippen LogP contribution in [0.2, 0.25) is 0 Å². The van der Waals surface area contributed by atoms with Crippen LogP contribution in [0.4, 0.5) is 0 Å². The Kier molecular flexibility index (Phi) is 50.5. The van der Waals surface area contributed by atoms with Gasteiger partial charge in [-0.15, -0.1) is 0 Å². The molecule has 0 aromatic heterocycles. The number of hydrogen-bond donors (Lipinski definition) is 0. The minimum atomic E-state index is -0.572. The molecule has 0 rings (SSSR count). The molecule has 5 heteroatoms. The predicted octanol–water partition coefficient (Wildman–Crippen LogP) is 17.8. The van der Waals surface area contributed by atoms with Gasteiger partial charge in [-0.1, -0.05) is 200 Å². The van der Waals surface area contributed by atoms with E-state index in [1.54, 1.807) is 0 Å². The van der Waals surface area contributed by atoms with Crippen LogP contribution in [0, 0.1) is 0 Å². The Morgan fingerprint density at radius 2 is 0.703 bits per heavy atom. The second-order valence-corrected chi connectivity index (χ2v) is 16.7. The summed E-state index contributed by atoms with van der Waals surface area (Å²) in [5, 5.41) is 0. The van der Waals surface area contributed by atoms with Crippen molar-refractivity contribution in [1.29, 1.82) is 0 Å². The van der Waals surface area contributed by atoms with Gasteiger partial charge in [0.15, 0.2) is 6.10 Å². The highest BCUT2D eigenvalue weighted by molar-refractivity contribution is 5.70. The summed E-state index contributed by atoms with van der Waals surface area (Å²) in [4.78, 5) is 25.4. The van der Waals surface area contributed by atoms with Crippen LogP contribution in [0.25, 0.3) is 0 Å². The van der Waals surface area contributed by atoms with Crippen molar-refractivity contribution >= 4 is 11.9 Å². The quantitative estimate of drug-likeness (QED) is 0.0346. The lowest BCUT2D eigenvalue weighted by Crippen LogP contribution is -2.30. The molecule has 0 spiro atoms. The second kappa shape index (κ2) is 53.6. The lowest BCUT2D eigenvalue weighted by Gasteiger charge is -2.18. The molecule has 1 unspecified atom stereocenters. The van der Waals surface area contributed by atoms with Crippen molar-refractivity contribution in [2.24, 2.45) is 0 Å². The third-order valence-electron chi connectivity index (χ3n) is 10.4. The van der Waals surface area contributed by atoms with Crippen LogP contribution in [0.1, 0.15) is 213 Å². The van der Waals surface area contributed by atoms with Crippen LogP contribution in [0.5, 0.6) is 0 Å². The van der Waals surface area contributed by atoms with Crippen molar-refractivity contribution in [3.05, 3.63) is 122 Å². The SMILES string of the molecule is CC/C=C\C/C=C\C/C=C\C/C=C\C/C=C\CCCCCCOCC(COC(=O)CCCCCCC/C=C\C/C=C\C/C=C\CC)OC(=O)CCCCCCC/C=C\C/C=C\CCC. The minimum Gasteiger partial charge on any atom is -0.462 e. The molecule has 0 aromatic carbocycles. The molecule has 5 nitrogen and oxygen atoms in total. The van der Waals surface area contributed by atoms with Crippen molar-refractivity contribution in [3.63, 3.8) is 0 Å². The summed E-state index contributed by atoms with van der Waals surface area (Å²) in [6, 6.07) is 0. The Hall–Kier alpha value is -3.70. The Morgan fingerprint density at radius 3 is 1.12 bits per heavy atom. The molecular formula is C59H96O5. The molecule has 0 aromatic rings. The molecule has 0 aliphatic heterocycles. The molecule has 0 heterocycles. The van der Waals surface area contributed by atoms with E-state index in [2.05, 4.69) is 142 Å². The molecule has 64 heavy (non-hydrogen) atoms. The summed E-state index contributed by atoms with van der Waals surface area (Å²) in [6.45, 7) is 7.43. The average Bonchev–Trinajstić information content (AvgIpc) is 3.30. The highest BCUT2D eigenvalue weighted by atomic mass is 16.6. The fraction of sp³-hybridized carbons (Fsp3) is 0.627. The topological polar surface area (TPSA) is 61.8 Å². The maximum Gasteiger partial charge on any atom is 0.306 e. The van der Waals surface area contributed by atoms with E-state index in [1.165, 1.54) is 38.5 Å². The predicted molar refractivity (Wildman–Crippen MR) is 279 cm³/mol. The van der Waals surface area contributed by atoms with Gasteiger partial charge in [-0.05, 0) is 122 Å². The number of ether oxygens (including phenoxy) is 3. The molecule has 0 N–H and O–H groups in total. The summed E-state index contributed by atoms with van der Waals surface area (Å²) in [5.74, 6) is -0.456. The molecule has 0 amide bonds. The first-order valence-electron chi connectivity index (χ1n) is 26.1. The Bertz CT molecular complexity index is 1320. The van der Waals surface area contributed by atoms with E-state index in [0.29, 0.717) is 19.4 Å². The first-order valence-corrected chi connectivity index (χ1v) is 26.1. The van der Waals surface area contributed by atoms with Crippen molar-refractivity contribution in [2.45, 2.75) is 219 Å². The fourth-order valence-corrected chi connectivity index (χ4v) is 6.65. The van der Waals surface area contributed by atoms with Crippen molar-refractivity contribution in [2.75, 3.05) is 19.8 Å². The van der Waals surface area contributed by atoms with E-state index >= 15 is 0 Å². The molecule has 0 bridgehead atoms. The third kappa shape index (κ3) is 50.9. The normalized spacial score (nSPS) is 13.2. The highest BCUT2D eigenvalue weighted by Crippen LogP contribution is 2.12. The zero-order valence-electron chi connectivity index (χ0n) is 41.5. The highest BCUT2D eigenvalue weighted by Gasteiger charge is 2.17. The zero-order valence-corrected chi connectivity index (χ0v) is 41.5. The molecule has 0 saturated heterocycles. The maximum atomic E-state index is 12.8. The van der Waals surface area contributed by atoms with E-state index in [1.807, 2.05) is 0 Å². The van der Waals surface area contributed by atoms with Gasteiger partial charge in [-0.2, -0.15) is 0 Å². The van der Waals surface area contributed by atoms with E-state index in [4.69, 9.17) is 14.2 Å². The summed E-state index contributed by atoms with van der Waals surface area (Å²) in [7, 11) is 0. The number of allylic oxidation sites excluding steroid dienone is 20. The number of hydrogen-bond acceptors (Lipinski definition) is 5. The smallest absolute Gasteiger partial charge is 0.306 e. The van der Waals surface area contributed by atoms with Crippen LogP contribution < -0.4 is 0 Å². The van der Waals surface area contributed by atoms with Gasteiger partial charge in [0, 0.05) is 19.4 Å². The van der Waals surface area contributed by atoms with E-state index in [-0.39, 0.29) is 25.2 Å². The first-order chi connectivity index (χ1) is 31.6. The maximum absolute atomic E-state index is 12.8. The van der Waals surface area contributed by atoms with Gasteiger partial charge in [0.05, 0.1) is 6.61 Å². The van der Waals surface area contributed by atoms with Crippen LogP contribution in [0.15, 0.2) is 122 Å². The van der Waals surface area contributed by atoms with Gasteiger partial charge in [0.2, 0.25) is 0 Å². The van der Waals surface area contributed by atoms with Gasteiger partial charge in [-0.25, -0.2) is 0 Å². The molecule has 0 saturated carbocycles. The standard InChI is InChI=1S/C59H96O5/c1-4-7-10-13-16-19-22-25-27-28-29-30-31-33-36-39-42-45-48-51-54-62-55-57(64-59(61)53-50-47-44-41-38-34-24-21-18-15-12-9-6-3)56-63-58(60)52-49-46-43-40-37-35-32-26-23-20-17-14-11-8-5-2/h7-8,10-12,15-17,19-21,24-27,29-30,32-33,36,57H,4-6,9,13-14,18,22-23,28,31,34-35,37-56H2,1-3H3/b10-7-,11-8-,15-12-,19-16-,20-17-,24-21-,27-25-,30-29-,32-26-,36-33-.